The Morgan fingerprint density at radius 3 is 2.35 bits per heavy atom. The Kier molecular flexibility index (Phi) is 9.91. The first-order chi connectivity index (χ1) is 21.1. The number of halogens is 1. The summed E-state index contributed by atoms with van der Waals surface area (Å²) < 4.78 is 21.0. The van der Waals surface area contributed by atoms with E-state index in [4.69, 9.17) is 4.74 Å². The minimum absolute atomic E-state index is 0.0522. The van der Waals surface area contributed by atoms with E-state index in [9.17, 15) is 4.79 Å². The fourth-order valence-corrected chi connectivity index (χ4v) is 7.33. The fraction of sp³-hybridized carbons (Fsp3) is 0.629. The molecule has 3 saturated heterocycles. The second kappa shape index (κ2) is 14.2. The van der Waals surface area contributed by atoms with E-state index >= 15 is 4.39 Å². The highest BCUT2D eigenvalue weighted by Gasteiger charge is 2.32. The molecule has 0 N–H and O–H groups in total. The molecule has 232 valence electrons. The van der Waals surface area contributed by atoms with Gasteiger partial charge in [-0.25, -0.2) is 14.4 Å². The molecule has 1 unspecified atom stereocenters. The van der Waals surface area contributed by atoms with E-state index in [-0.39, 0.29) is 11.7 Å². The summed E-state index contributed by atoms with van der Waals surface area (Å²) in [7, 11) is 0. The number of aryl methyl sites for hydroxylation is 1. The lowest BCUT2D eigenvalue weighted by atomic mass is 9.85. The minimum atomic E-state index is -0.310. The molecule has 43 heavy (non-hydrogen) atoms. The monoisotopic (exact) mass is 589 g/mol. The number of ether oxygens (including phenoxy) is 1. The van der Waals surface area contributed by atoms with Crippen LogP contribution in [0.4, 0.5) is 10.3 Å². The number of aromatic nitrogens is 2. The second-order valence-electron chi connectivity index (χ2n) is 13.0. The molecule has 7 nitrogen and oxygen atoms in total. The first-order valence-electron chi connectivity index (χ1n) is 16.8. The number of likely N-dealkylation sites (tertiary alicyclic amines) is 2. The average molecular weight is 590 g/mol. The third-order valence-electron chi connectivity index (χ3n) is 10.2. The molecule has 8 heteroatoms. The lowest BCUT2D eigenvalue weighted by Crippen LogP contribution is -2.49. The van der Waals surface area contributed by atoms with Gasteiger partial charge >= 0.3 is 0 Å². The number of carbonyl (C=O) groups excluding carboxylic acids is 1. The SMILES string of the molecule is CCc1cnc(N2CCC(COc3ccc(C4=CCC(C(=O)N5CCC(N6CCCCC6)CC5)CC4)cc3F)CC2)nc1. The van der Waals surface area contributed by atoms with Crippen LogP contribution < -0.4 is 9.64 Å². The molecule has 4 aliphatic rings. The third-order valence-corrected chi connectivity index (χ3v) is 10.2. The summed E-state index contributed by atoms with van der Waals surface area (Å²) in [6, 6.07) is 6.00. The number of hydrogen-bond donors (Lipinski definition) is 0. The Morgan fingerprint density at radius 2 is 1.70 bits per heavy atom. The summed E-state index contributed by atoms with van der Waals surface area (Å²) in [5.41, 5.74) is 3.19. The predicted octanol–water partition coefficient (Wildman–Crippen LogP) is 6.13. The number of piperidine rings is 3. The number of benzene rings is 1. The highest BCUT2D eigenvalue weighted by Crippen LogP contribution is 2.34. The molecule has 3 aliphatic heterocycles. The minimum Gasteiger partial charge on any atom is -0.490 e. The van der Waals surface area contributed by atoms with Crippen LogP contribution in [-0.4, -0.2) is 77.6 Å². The van der Waals surface area contributed by atoms with Crippen molar-refractivity contribution in [3.8, 4) is 5.75 Å². The Morgan fingerprint density at radius 1 is 0.953 bits per heavy atom. The topological polar surface area (TPSA) is 61.8 Å². The standard InChI is InChI=1S/C35H48FN5O2/c1-2-26-23-37-35(38-24-26)41-18-12-27(13-19-41)25-43-33-11-10-30(22-32(33)36)28-6-8-29(9-7-28)34(42)40-20-14-31(15-21-40)39-16-4-3-5-17-39/h6,10-11,22-24,27,29,31H,2-5,7-9,12-21,25H2,1H3. The van der Waals surface area contributed by atoms with Gasteiger partial charge in [-0.1, -0.05) is 25.5 Å². The molecular formula is C35H48FN5O2. The van der Waals surface area contributed by atoms with Crippen LogP contribution >= 0.6 is 0 Å². The van der Waals surface area contributed by atoms with Gasteiger partial charge in [0.1, 0.15) is 0 Å². The Hall–Kier alpha value is -3.00. The van der Waals surface area contributed by atoms with Gasteiger partial charge in [-0.2, -0.15) is 0 Å². The van der Waals surface area contributed by atoms with Crippen molar-refractivity contribution in [1.29, 1.82) is 0 Å². The van der Waals surface area contributed by atoms with Crippen LogP contribution in [-0.2, 0) is 11.2 Å². The zero-order chi connectivity index (χ0) is 29.6. The zero-order valence-corrected chi connectivity index (χ0v) is 25.9. The van der Waals surface area contributed by atoms with Crippen molar-refractivity contribution in [3.05, 3.63) is 53.6 Å². The van der Waals surface area contributed by atoms with E-state index in [2.05, 4.69) is 37.7 Å². The number of rotatable bonds is 8. The van der Waals surface area contributed by atoms with Gasteiger partial charge in [0.2, 0.25) is 11.9 Å². The number of allylic oxidation sites excluding steroid dienone is 2. The van der Waals surface area contributed by atoms with Gasteiger partial charge in [0, 0.05) is 50.5 Å². The lowest BCUT2D eigenvalue weighted by Gasteiger charge is -2.41. The zero-order valence-electron chi connectivity index (χ0n) is 25.9. The first-order valence-corrected chi connectivity index (χ1v) is 16.8. The van der Waals surface area contributed by atoms with Crippen molar-refractivity contribution in [2.75, 3.05) is 50.8 Å². The molecule has 0 spiro atoms. The summed E-state index contributed by atoms with van der Waals surface area (Å²) in [5.74, 6) is 1.55. The van der Waals surface area contributed by atoms with E-state index in [1.54, 1.807) is 12.1 Å². The summed E-state index contributed by atoms with van der Waals surface area (Å²) >= 11 is 0. The Labute approximate surface area is 256 Å². The van der Waals surface area contributed by atoms with E-state index in [1.165, 1.54) is 32.4 Å². The smallest absolute Gasteiger partial charge is 0.226 e. The van der Waals surface area contributed by atoms with Gasteiger partial charge in [-0.15, -0.1) is 0 Å². The highest BCUT2D eigenvalue weighted by atomic mass is 19.1. The van der Waals surface area contributed by atoms with Crippen LogP contribution in [0.3, 0.4) is 0 Å². The summed E-state index contributed by atoms with van der Waals surface area (Å²) in [5, 5.41) is 0. The number of nitrogens with zero attached hydrogens (tertiary/aromatic N) is 5. The predicted molar refractivity (Wildman–Crippen MR) is 169 cm³/mol. The van der Waals surface area contributed by atoms with Crippen LogP contribution in [0.1, 0.15) is 82.3 Å². The van der Waals surface area contributed by atoms with E-state index in [0.717, 1.165) is 100 Å². The molecule has 1 aromatic carbocycles. The van der Waals surface area contributed by atoms with Gasteiger partial charge in [0.15, 0.2) is 11.6 Å². The average Bonchev–Trinajstić information content (AvgIpc) is 3.08. The molecule has 3 fully saturated rings. The van der Waals surface area contributed by atoms with Crippen LogP contribution in [0.5, 0.6) is 5.75 Å². The molecule has 6 rings (SSSR count). The van der Waals surface area contributed by atoms with Gasteiger partial charge in [-0.3, -0.25) is 4.79 Å². The molecule has 1 amide bonds. The van der Waals surface area contributed by atoms with E-state index in [0.29, 0.717) is 30.2 Å². The molecule has 0 bridgehead atoms. The van der Waals surface area contributed by atoms with Gasteiger partial charge in [-0.05, 0) is 112 Å². The number of hydrogen-bond acceptors (Lipinski definition) is 6. The second-order valence-corrected chi connectivity index (χ2v) is 13.0. The molecule has 1 aromatic heterocycles. The molecule has 0 saturated carbocycles. The van der Waals surface area contributed by atoms with Crippen LogP contribution in [0.15, 0.2) is 36.7 Å². The van der Waals surface area contributed by atoms with Crippen molar-refractivity contribution < 1.29 is 13.9 Å². The van der Waals surface area contributed by atoms with E-state index < -0.39 is 0 Å². The maximum Gasteiger partial charge on any atom is 0.226 e. The van der Waals surface area contributed by atoms with Crippen molar-refractivity contribution in [2.24, 2.45) is 11.8 Å². The maximum absolute atomic E-state index is 15.1. The summed E-state index contributed by atoms with van der Waals surface area (Å²) in [4.78, 5) is 29.3. The Bertz CT molecular complexity index is 1250. The summed E-state index contributed by atoms with van der Waals surface area (Å²) in [6.45, 7) is 8.62. The number of anilines is 1. The molecule has 0 radical (unpaired) electrons. The first kappa shape index (κ1) is 30.0. The van der Waals surface area contributed by atoms with Crippen LogP contribution in [0, 0.1) is 17.7 Å². The quantitative estimate of drug-likeness (QED) is 0.369. The fourth-order valence-electron chi connectivity index (χ4n) is 7.33. The number of carbonyl (C=O) groups is 1. The maximum atomic E-state index is 15.1. The normalized spacial score (nSPS) is 22.8. The van der Waals surface area contributed by atoms with Gasteiger partial charge < -0.3 is 19.4 Å². The van der Waals surface area contributed by atoms with Crippen molar-refractivity contribution in [3.63, 3.8) is 0 Å². The van der Waals surface area contributed by atoms with Crippen molar-refractivity contribution >= 4 is 17.4 Å². The molecular weight excluding hydrogens is 541 g/mol. The van der Waals surface area contributed by atoms with E-state index in [1.807, 2.05) is 18.5 Å². The molecule has 4 heterocycles. The van der Waals surface area contributed by atoms with Crippen molar-refractivity contribution in [1.82, 2.24) is 19.8 Å². The molecule has 1 aliphatic carbocycles. The van der Waals surface area contributed by atoms with Gasteiger partial charge in [0.05, 0.1) is 6.61 Å². The van der Waals surface area contributed by atoms with Crippen LogP contribution in [0.2, 0.25) is 0 Å². The highest BCUT2D eigenvalue weighted by molar-refractivity contribution is 5.81. The molecule has 2 aromatic rings. The lowest BCUT2D eigenvalue weighted by molar-refractivity contribution is -0.137. The summed E-state index contributed by atoms with van der Waals surface area (Å²) in [6.07, 6.45) is 17.5. The van der Waals surface area contributed by atoms with Gasteiger partial charge in [0.25, 0.3) is 0 Å². The largest absolute Gasteiger partial charge is 0.490 e. The third kappa shape index (κ3) is 7.39. The van der Waals surface area contributed by atoms with Crippen molar-refractivity contribution in [2.45, 2.75) is 83.6 Å². The number of amides is 1. The Balaban J connectivity index is 0.946. The molecule has 1 atom stereocenters. The van der Waals surface area contributed by atoms with Crippen LogP contribution in [0.25, 0.3) is 5.57 Å².